The number of phenols is 1. The molecule has 1 aromatic carbocycles. The second-order valence-electron chi connectivity index (χ2n) is 2.21. The lowest BCUT2D eigenvalue weighted by molar-refractivity contribution is 0.470. The number of hydrogen-bond donors (Lipinski definition) is 1. The van der Waals surface area contributed by atoms with E-state index in [-0.39, 0.29) is 5.75 Å². The van der Waals surface area contributed by atoms with Crippen molar-refractivity contribution in [1.29, 1.82) is 0 Å². The highest BCUT2D eigenvalue weighted by Crippen LogP contribution is 2.25. The molecule has 0 atom stereocenters. The second-order valence-corrected chi connectivity index (χ2v) is 3.73. The van der Waals surface area contributed by atoms with Gasteiger partial charge in [0.05, 0.1) is 3.57 Å². The van der Waals surface area contributed by atoms with Crippen molar-refractivity contribution in [2.45, 2.75) is 6.42 Å². The number of rotatable bonds is 2. The molecule has 0 bridgehead atoms. The van der Waals surface area contributed by atoms with Crippen molar-refractivity contribution in [2.75, 3.05) is 0 Å². The summed E-state index contributed by atoms with van der Waals surface area (Å²) in [5.74, 6) is 2.54. The molecule has 0 saturated heterocycles. The first-order chi connectivity index (χ1) is 5.79. The minimum absolute atomic E-state index is 0.0885. The first kappa shape index (κ1) is 9.20. The Balaban J connectivity index is 3.19. The largest absolute Gasteiger partial charge is 0.507 e. The van der Waals surface area contributed by atoms with Gasteiger partial charge in [0.1, 0.15) is 5.75 Å². The molecule has 0 aliphatic carbocycles. The van der Waals surface area contributed by atoms with Gasteiger partial charge in [-0.05, 0) is 11.6 Å². The first-order valence-electron chi connectivity index (χ1n) is 3.31. The number of terminal acetylenes is 1. The minimum atomic E-state index is -1.34. The lowest BCUT2D eigenvalue weighted by Gasteiger charge is -2.00. The third kappa shape index (κ3) is 1.83. The third-order valence-corrected chi connectivity index (χ3v) is 3.11. The van der Waals surface area contributed by atoms with Crippen LogP contribution in [0.2, 0.25) is 0 Å². The quantitative estimate of drug-likeness (QED) is 0.662. The van der Waals surface area contributed by atoms with Crippen molar-refractivity contribution >= 4 is 21.2 Å². The molecule has 62 valence electrons. The topological polar surface area (TPSA) is 37.3 Å². The summed E-state index contributed by atoms with van der Waals surface area (Å²) in [5, 5.41) is 9.28. The van der Waals surface area contributed by atoms with E-state index < -0.39 is 21.2 Å². The number of aromatic hydroxyl groups is 1. The van der Waals surface area contributed by atoms with Crippen LogP contribution in [0.4, 0.5) is 0 Å². The molecule has 2 nitrogen and oxygen atoms in total. The van der Waals surface area contributed by atoms with Crippen LogP contribution in [0.1, 0.15) is 5.56 Å². The summed E-state index contributed by atoms with van der Waals surface area (Å²) in [4.78, 5) is 0. The second kappa shape index (κ2) is 4.21. The Bertz CT molecular complexity index is 339. The van der Waals surface area contributed by atoms with Crippen LogP contribution in [0.5, 0.6) is 5.75 Å². The fourth-order valence-corrected chi connectivity index (χ4v) is 1.96. The maximum absolute atomic E-state index is 10.7. The number of halogens is 1. The highest BCUT2D eigenvalue weighted by Gasteiger charge is 2.05. The molecular weight excluding hydrogens is 267 g/mol. The Labute approximate surface area is 81.3 Å². The van der Waals surface area contributed by atoms with Gasteiger partial charge in [0, 0.05) is 6.42 Å². The molecule has 0 aliphatic heterocycles. The number of phenolic OH excluding ortho intramolecular Hbond substituents is 1. The smallest absolute Gasteiger partial charge is 0.186 e. The van der Waals surface area contributed by atoms with Gasteiger partial charge in [-0.3, -0.25) is 3.07 Å². The fraction of sp³-hybridized carbons (Fsp3) is 0.111. The Kier molecular flexibility index (Phi) is 3.23. The fourth-order valence-electron chi connectivity index (χ4n) is 0.902. The Morgan fingerprint density at radius 2 is 2.33 bits per heavy atom. The zero-order valence-electron chi connectivity index (χ0n) is 6.25. The van der Waals surface area contributed by atoms with Crippen LogP contribution >= 0.6 is 21.2 Å². The maximum atomic E-state index is 10.7. The van der Waals surface area contributed by atoms with E-state index in [9.17, 15) is 8.18 Å². The molecule has 0 unspecified atom stereocenters. The van der Waals surface area contributed by atoms with Gasteiger partial charge >= 0.3 is 0 Å². The van der Waals surface area contributed by atoms with E-state index >= 15 is 0 Å². The van der Waals surface area contributed by atoms with Crippen molar-refractivity contribution < 1.29 is 8.18 Å². The van der Waals surface area contributed by atoms with Crippen molar-refractivity contribution in [3.8, 4) is 18.1 Å². The van der Waals surface area contributed by atoms with Crippen molar-refractivity contribution in [1.82, 2.24) is 0 Å². The monoisotopic (exact) mass is 274 g/mol. The van der Waals surface area contributed by atoms with Gasteiger partial charge in [-0.25, -0.2) is 0 Å². The van der Waals surface area contributed by atoms with Gasteiger partial charge in [0.25, 0.3) is 0 Å². The predicted molar refractivity (Wildman–Crippen MR) is 54.0 cm³/mol. The van der Waals surface area contributed by atoms with Crippen LogP contribution < -0.4 is 0 Å². The van der Waals surface area contributed by atoms with Crippen LogP contribution in [-0.2, 0) is 9.49 Å². The van der Waals surface area contributed by atoms with Crippen LogP contribution in [0, 0.1) is 15.9 Å². The summed E-state index contributed by atoms with van der Waals surface area (Å²) in [6.45, 7) is 0. The molecule has 12 heavy (non-hydrogen) atoms. The van der Waals surface area contributed by atoms with Crippen LogP contribution in [0.3, 0.4) is 0 Å². The molecule has 0 radical (unpaired) electrons. The van der Waals surface area contributed by atoms with Gasteiger partial charge < -0.3 is 5.11 Å². The van der Waals surface area contributed by atoms with Crippen molar-refractivity contribution in [3.63, 3.8) is 0 Å². The van der Waals surface area contributed by atoms with Crippen molar-refractivity contribution in [2.24, 2.45) is 0 Å². The van der Waals surface area contributed by atoms with Crippen LogP contribution in [0.25, 0.3) is 0 Å². The lowest BCUT2D eigenvalue weighted by atomic mass is 10.1. The van der Waals surface area contributed by atoms with Gasteiger partial charge in [0.2, 0.25) is 0 Å². The molecule has 1 N–H and O–H groups in total. The normalized spacial score (nSPS) is 9.25. The van der Waals surface area contributed by atoms with E-state index in [2.05, 4.69) is 5.92 Å². The Morgan fingerprint density at radius 3 is 2.92 bits per heavy atom. The molecular formula is C9H7IO2. The standard InChI is InChI=1S/C9H7IO2/c1-2-4-7-5-3-6-8(11)9(7)10-12/h1,3,5-6,11H,4H2. The van der Waals surface area contributed by atoms with E-state index in [1.807, 2.05) is 0 Å². The molecule has 0 spiro atoms. The van der Waals surface area contributed by atoms with E-state index in [1.165, 1.54) is 6.07 Å². The van der Waals surface area contributed by atoms with E-state index in [0.29, 0.717) is 9.99 Å². The highest BCUT2D eigenvalue weighted by molar-refractivity contribution is 14.1. The van der Waals surface area contributed by atoms with Gasteiger partial charge in [-0.1, -0.05) is 12.1 Å². The Hall–Kier alpha value is -0.890. The molecule has 0 aromatic heterocycles. The van der Waals surface area contributed by atoms with E-state index in [0.717, 1.165) is 5.56 Å². The van der Waals surface area contributed by atoms with Crippen LogP contribution in [0.15, 0.2) is 18.2 Å². The summed E-state index contributed by atoms with van der Waals surface area (Å²) >= 11 is -1.34. The summed E-state index contributed by atoms with van der Waals surface area (Å²) in [7, 11) is 0. The molecule has 3 heteroatoms. The minimum Gasteiger partial charge on any atom is -0.507 e. The first-order valence-corrected chi connectivity index (χ1v) is 5.27. The summed E-state index contributed by atoms with van der Waals surface area (Å²) in [6.07, 6.45) is 5.54. The van der Waals surface area contributed by atoms with E-state index in [1.54, 1.807) is 12.1 Å². The van der Waals surface area contributed by atoms with Gasteiger partial charge in [0.15, 0.2) is 21.2 Å². The zero-order valence-corrected chi connectivity index (χ0v) is 8.41. The third-order valence-electron chi connectivity index (χ3n) is 1.43. The summed E-state index contributed by atoms with van der Waals surface area (Å²) < 4.78 is 11.3. The number of hydrogen-bond acceptors (Lipinski definition) is 2. The average Bonchev–Trinajstić information content (AvgIpc) is 2.05. The molecule has 0 heterocycles. The van der Waals surface area contributed by atoms with Gasteiger partial charge in [-0.15, -0.1) is 12.3 Å². The highest BCUT2D eigenvalue weighted by atomic mass is 127. The maximum Gasteiger partial charge on any atom is 0.186 e. The molecule has 0 fully saturated rings. The molecule has 1 aromatic rings. The SMILES string of the molecule is C#CCc1cccc(O)c1I=O. The van der Waals surface area contributed by atoms with Gasteiger partial charge in [-0.2, -0.15) is 0 Å². The predicted octanol–water partition coefficient (Wildman–Crippen LogP) is 2.05. The van der Waals surface area contributed by atoms with E-state index in [4.69, 9.17) is 6.42 Å². The molecule has 0 saturated carbocycles. The Morgan fingerprint density at radius 1 is 1.58 bits per heavy atom. The van der Waals surface area contributed by atoms with Crippen molar-refractivity contribution in [3.05, 3.63) is 27.3 Å². The van der Waals surface area contributed by atoms with Crippen LogP contribution in [-0.4, -0.2) is 5.11 Å². The molecule has 0 aliphatic rings. The average molecular weight is 274 g/mol. The summed E-state index contributed by atoms with van der Waals surface area (Å²) in [6, 6.07) is 5.00. The lowest BCUT2D eigenvalue weighted by Crippen LogP contribution is -1.86. The number of benzene rings is 1. The zero-order chi connectivity index (χ0) is 8.97. The molecule has 1 rings (SSSR count). The molecule has 0 amide bonds. The summed E-state index contributed by atoms with van der Waals surface area (Å²) in [5.41, 5.74) is 0.792.